The van der Waals surface area contributed by atoms with Gasteiger partial charge in [-0.2, -0.15) is 0 Å². The van der Waals surface area contributed by atoms with Gasteiger partial charge in [-0.3, -0.25) is 4.99 Å². The molecule has 0 saturated carbocycles. The molecule has 0 atom stereocenters. The Morgan fingerprint density at radius 2 is 2.50 bits per heavy atom. The number of hydrogen-bond donors (Lipinski definition) is 1. The van der Waals surface area contributed by atoms with Crippen LogP contribution in [0.5, 0.6) is 0 Å². The lowest BCUT2D eigenvalue weighted by molar-refractivity contribution is 1.05. The second-order valence-corrected chi connectivity index (χ2v) is 2.65. The van der Waals surface area contributed by atoms with Crippen LogP contribution in [0.2, 0.25) is 0 Å². The van der Waals surface area contributed by atoms with E-state index >= 15 is 0 Å². The van der Waals surface area contributed by atoms with Gasteiger partial charge < -0.3 is 5.32 Å². The van der Waals surface area contributed by atoms with Crippen LogP contribution in [-0.4, -0.2) is 5.71 Å². The Labute approximate surface area is 60.3 Å². The van der Waals surface area contributed by atoms with Crippen molar-refractivity contribution in [1.82, 2.24) is 5.32 Å². The van der Waals surface area contributed by atoms with Crippen LogP contribution in [0.1, 0.15) is 19.8 Å². The molecule has 0 unspecified atom stereocenters. The van der Waals surface area contributed by atoms with E-state index in [2.05, 4.69) is 16.4 Å². The van der Waals surface area contributed by atoms with E-state index in [1.807, 2.05) is 13.1 Å². The number of rotatable bonds is 0. The molecule has 0 bridgehead atoms. The van der Waals surface area contributed by atoms with Gasteiger partial charge in [0.2, 0.25) is 0 Å². The highest BCUT2D eigenvalue weighted by molar-refractivity contribution is 6.02. The van der Waals surface area contributed by atoms with Crippen LogP contribution < -0.4 is 5.32 Å². The number of hydrogen-bond acceptors (Lipinski definition) is 2. The van der Waals surface area contributed by atoms with Gasteiger partial charge in [0, 0.05) is 6.20 Å². The molecule has 0 amide bonds. The molecular formula is C8H10N2. The zero-order valence-corrected chi connectivity index (χ0v) is 6.02. The molecule has 1 N–H and O–H groups in total. The predicted molar refractivity (Wildman–Crippen MR) is 41.6 cm³/mol. The maximum Gasteiger partial charge on any atom is 0.0641 e. The fourth-order valence-electron chi connectivity index (χ4n) is 1.29. The van der Waals surface area contributed by atoms with E-state index in [0.717, 1.165) is 18.5 Å². The monoisotopic (exact) mass is 134 g/mol. The third-order valence-electron chi connectivity index (χ3n) is 1.79. The predicted octanol–water partition coefficient (Wildman–Crippen LogP) is 1.57. The molecule has 0 aromatic rings. The second kappa shape index (κ2) is 1.97. The van der Waals surface area contributed by atoms with Crippen molar-refractivity contribution in [2.45, 2.75) is 19.8 Å². The molecule has 52 valence electrons. The van der Waals surface area contributed by atoms with Crippen LogP contribution in [0.4, 0.5) is 0 Å². The highest BCUT2D eigenvalue weighted by Gasteiger charge is 2.14. The topological polar surface area (TPSA) is 24.4 Å². The Morgan fingerprint density at radius 3 is 3.40 bits per heavy atom. The lowest BCUT2D eigenvalue weighted by Crippen LogP contribution is -2.15. The van der Waals surface area contributed by atoms with Gasteiger partial charge in [-0.25, -0.2) is 0 Å². The molecule has 2 rings (SSSR count). The number of nitrogens with zero attached hydrogens (tertiary/aromatic N) is 1. The fraction of sp³-hybridized carbons (Fsp3) is 0.375. The molecule has 2 heteroatoms. The average Bonchev–Trinajstić information content (AvgIpc) is 2.33. The van der Waals surface area contributed by atoms with Crippen molar-refractivity contribution in [1.29, 1.82) is 0 Å². The summed E-state index contributed by atoms with van der Waals surface area (Å²) >= 11 is 0. The summed E-state index contributed by atoms with van der Waals surface area (Å²) in [5.41, 5.74) is 3.51. The molecule has 1 aliphatic carbocycles. The summed E-state index contributed by atoms with van der Waals surface area (Å²) in [6.07, 6.45) is 6.39. The number of fused-ring (bicyclic) bond motifs is 1. The molecule has 0 aromatic carbocycles. The van der Waals surface area contributed by atoms with Gasteiger partial charge in [0.15, 0.2) is 0 Å². The average molecular weight is 134 g/mol. The molecule has 1 aliphatic heterocycles. The molecule has 0 saturated heterocycles. The second-order valence-electron chi connectivity index (χ2n) is 2.65. The Balaban J connectivity index is 2.36. The SMILES string of the molecule is CC1=CNC2=CCCC2=N1. The Kier molecular flexibility index (Phi) is 1.13. The van der Waals surface area contributed by atoms with E-state index < -0.39 is 0 Å². The van der Waals surface area contributed by atoms with Gasteiger partial charge >= 0.3 is 0 Å². The van der Waals surface area contributed by atoms with E-state index in [9.17, 15) is 0 Å². The largest absolute Gasteiger partial charge is 0.359 e. The Morgan fingerprint density at radius 1 is 1.60 bits per heavy atom. The molecule has 10 heavy (non-hydrogen) atoms. The molecule has 2 aliphatic rings. The molecule has 0 radical (unpaired) electrons. The van der Waals surface area contributed by atoms with Crippen LogP contribution in [0.3, 0.4) is 0 Å². The van der Waals surface area contributed by atoms with Gasteiger partial charge in [0.1, 0.15) is 0 Å². The van der Waals surface area contributed by atoms with Crippen LogP contribution in [0.25, 0.3) is 0 Å². The van der Waals surface area contributed by atoms with Gasteiger partial charge in [0.25, 0.3) is 0 Å². The summed E-state index contributed by atoms with van der Waals surface area (Å²) in [6, 6.07) is 0. The first-order valence-corrected chi connectivity index (χ1v) is 3.58. The van der Waals surface area contributed by atoms with Gasteiger partial charge in [-0.05, 0) is 19.8 Å². The summed E-state index contributed by atoms with van der Waals surface area (Å²) in [4.78, 5) is 4.39. The lowest BCUT2D eigenvalue weighted by Gasteiger charge is -2.10. The Hall–Kier alpha value is -1.05. The van der Waals surface area contributed by atoms with Crippen LogP contribution in [0.15, 0.2) is 28.7 Å². The fourth-order valence-corrected chi connectivity index (χ4v) is 1.29. The molecule has 0 aromatic heterocycles. The molecule has 2 nitrogen and oxygen atoms in total. The third kappa shape index (κ3) is 0.764. The lowest BCUT2D eigenvalue weighted by atomic mass is 10.2. The molecule has 0 spiro atoms. The van der Waals surface area contributed by atoms with Crippen LogP contribution in [0, 0.1) is 0 Å². The standard InChI is InChI=1S/C8H10N2/c1-6-5-9-7-3-2-4-8(7)10-6/h3,5,9H,2,4H2,1H3. The van der Waals surface area contributed by atoms with Crippen molar-refractivity contribution >= 4 is 5.71 Å². The van der Waals surface area contributed by atoms with Crippen molar-refractivity contribution < 1.29 is 0 Å². The van der Waals surface area contributed by atoms with Crippen LogP contribution in [-0.2, 0) is 0 Å². The van der Waals surface area contributed by atoms with Gasteiger partial charge in [-0.1, -0.05) is 6.08 Å². The maximum atomic E-state index is 4.39. The highest BCUT2D eigenvalue weighted by atomic mass is 15.0. The molecule has 1 heterocycles. The summed E-state index contributed by atoms with van der Waals surface area (Å²) in [5.74, 6) is 0. The summed E-state index contributed by atoms with van der Waals surface area (Å²) in [7, 11) is 0. The van der Waals surface area contributed by atoms with Crippen LogP contribution >= 0.6 is 0 Å². The van der Waals surface area contributed by atoms with Crippen molar-refractivity contribution in [3.05, 3.63) is 23.7 Å². The zero-order chi connectivity index (χ0) is 6.97. The quantitative estimate of drug-likeness (QED) is 0.534. The summed E-state index contributed by atoms with van der Waals surface area (Å²) in [5, 5.41) is 3.20. The van der Waals surface area contributed by atoms with Crippen molar-refractivity contribution in [2.24, 2.45) is 4.99 Å². The first kappa shape index (κ1) is 5.71. The minimum atomic E-state index is 1.08. The highest BCUT2D eigenvalue weighted by Crippen LogP contribution is 2.17. The first-order chi connectivity index (χ1) is 4.86. The van der Waals surface area contributed by atoms with E-state index in [4.69, 9.17) is 0 Å². The minimum Gasteiger partial charge on any atom is -0.359 e. The third-order valence-corrected chi connectivity index (χ3v) is 1.79. The number of nitrogens with one attached hydrogen (secondary N) is 1. The molecule has 0 fully saturated rings. The van der Waals surface area contributed by atoms with Crippen molar-refractivity contribution in [3.8, 4) is 0 Å². The van der Waals surface area contributed by atoms with Gasteiger partial charge in [-0.15, -0.1) is 0 Å². The van der Waals surface area contributed by atoms with E-state index in [1.165, 1.54) is 11.4 Å². The maximum absolute atomic E-state index is 4.39. The summed E-state index contributed by atoms with van der Waals surface area (Å²) in [6.45, 7) is 2.01. The Bertz CT molecular complexity index is 246. The van der Waals surface area contributed by atoms with Crippen molar-refractivity contribution in [2.75, 3.05) is 0 Å². The molecular weight excluding hydrogens is 124 g/mol. The van der Waals surface area contributed by atoms with E-state index in [1.54, 1.807) is 0 Å². The zero-order valence-electron chi connectivity index (χ0n) is 6.02. The number of allylic oxidation sites excluding steroid dienone is 3. The van der Waals surface area contributed by atoms with Crippen molar-refractivity contribution in [3.63, 3.8) is 0 Å². The van der Waals surface area contributed by atoms with E-state index in [-0.39, 0.29) is 0 Å². The van der Waals surface area contributed by atoms with E-state index in [0.29, 0.717) is 0 Å². The first-order valence-electron chi connectivity index (χ1n) is 3.58. The minimum absolute atomic E-state index is 1.08. The number of aliphatic imine (C=N–C) groups is 1. The summed E-state index contributed by atoms with van der Waals surface area (Å²) < 4.78 is 0. The smallest absolute Gasteiger partial charge is 0.0641 e. The van der Waals surface area contributed by atoms with Gasteiger partial charge in [0.05, 0.1) is 17.1 Å². The normalized spacial score (nSPS) is 22.3.